The van der Waals surface area contributed by atoms with E-state index in [4.69, 9.17) is 5.73 Å². The van der Waals surface area contributed by atoms with Crippen molar-refractivity contribution >= 4 is 17.3 Å². The summed E-state index contributed by atoms with van der Waals surface area (Å²) in [5.74, 6) is 0.562. The number of hydrogen-bond acceptors (Lipinski definition) is 3. The molecule has 5 heteroatoms. The maximum Gasteiger partial charge on any atom is 0.189 e. The molecule has 0 amide bonds. The SMILES string of the molecule is Cc1nc(CN=C(N)NC2CCCCC2)sc1C. The number of aryl methyl sites for hydroxylation is 2. The highest BCUT2D eigenvalue weighted by atomic mass is 32.1. The van der Waals surface area contributed by atoms with Crippen molar-refractivity contribution in [2.24, 2.45) is 10.7 Å². The van der Waals surface area contributed by atoms with Crippen molar-refractivity contribution in [2.45, 2.75) is 58.5 Å². The molecular weight excluding hydrogens is 244 g/mol. The Kier molecular flexibility index (Phi) is 4.58. The molecule has 1 aromatic heterocycles. The zero-order valence-electron chi connectivity index (χ0n) is 11.2. The molecule has 0 unspecified atom stereocenters. The predicted octanol–water partition coefficient (Wildman–Crippen LogP) is 2.50. The van der Waals surface area contributed by atoms with Crippen molar-refractivity contribution in [1.29, 1.82) is 0 Å². The van der Waals surface area contributed by atoms with Crippen LogP contribution in [0.25, 0.3) is 0 Å². The fourth-order valence-electron chi connectivity index (χ4n) is 2.26. The molecule has 18 heavy (non-hydrogen) atoms. The quantitative estimate of drug-likeness (QED) is 0.652. The van der Waals surface area contributed by atoms with E-state index in [2.05, 4.69) is 22.2 Å². The summed E-state index contributed by atoms with van der Waals surface area (Å²) in [5.41, 5.74) is 7.01. The molecule has 1 aliphatic rings. The molecule has 1 fully saturated rings. The maximum atomic E-state index is 5.91. The Labute approximate surface area is 113 Å². The Balaban J connectivity index is 1.84. The van der Waals surface area contributed by atoms with Crippen molar-refractivity contribution in [3.63, 3.8) is 0 Å². The lowest BCUT2D eigenvalue weighted by molar-refractivity contribution is 0.412. The fraction of sp³-hybridized carbons (Fsp3) is 0.692. The first kappa shape index (κ1) is 13.3. The van der Waals surface area contributed by atoms with Crippen molar-refractivity contribution < 1.29 is 0 Å². The van der Waals surface area contributed by atoms with E-state index >= 15 is 0 Å². The molecule has 3 N–H and O–H groups in total. The van der Waals surface area contributed by atoms with Gasteiger partial charge in [0.05, 0.1) is 12.2 Å². The van der Waals surface area contributed by atoms with Gasteiger partial charge in [0.1, 0.15) is 5.01 Å². The normalized spacial score (nSPS) is 18.0. The van der Waals surface area contributed by atoms with Gasteiger partial charge in [0.2, 0.25) is 0 Å². The molecule has 4 nitrogen and oxygen atoms in total. The van der Waals surface area contributed by atoms with Gasteiger partial charge in [-0.2, -0.15) is 0 Å². The third-order valence-corrected chi connectivity index (χ3v) is 4.47. The molecule has 1 aliphatic carbocycles. The Morgan fingerprint density at radius 1 is 1.39 bits per heavy atom. The number of nitrogens with two attached hydrogens (primary N) is 1. The molecule has 0 aliphatic heterocycles. The number of aliphatic imine (C=N–C) groups is 1. The van der Waals surface area contributed by atoms with Gasteiger partial charge in [0.15, 0.2) is 5.96 Å². The van der Waals surface area contributed by atoms with E-state index in [1.54, 1.807) is 11.3 Å². The summed E-state index contributed by atoms with van der Waals surface area (Å²) >= 11 is 1.70. The summed E-state index contributed by atoms with van der Waals surface area (Å²) < 4.78 is 0. The van der Waals surface area contributed by atoms with Crippen LogP contribution in [-0.4, -0.2) is 17.0 Å². The predicted molar refractivity (Wildman–Crippen MR) is 76.9 cm³/mol. The summed E-state index contributed by atoms with van der Waals surface area (Å²) in [4.78, 5) is 10.1. The average molecular weight is 266 g/mol. The second-order valence-corrected chi connectivity index (χ2v) is 6.22. The van der Waals surface area contributed by atoms with Crippen molar-refractivity contribution in [3.8, 4) is 0 Å². The smallest absolute Gasteiger partial charge is 0.189 e. The number of nitrogens with zero attached hydrogens (tertiary/aromatic N) is 2. The van der Waals surface area contributed by atoms with Crippen molar-refractivity contribution in [3.05, 3.63) is 15.6 Å². The first-order valence-corrected chi connectivity index (χ1v) is 7.46. The molecule has 1 heterocycles. The minimum absolute atomic E-state index is 0.516. The highest BCUT2D eigenvalue weighted by Gasteiger charge is 2.13. The molecule has 1 aromatic rings. The summed E-state index contributed by atoms with van der Waals surface area (Å²) in [5, 5.41) is 4.36. The molecule has 0 spiro atoms. The largest absolute Gasteiger partial charge is 0.370 e. The highest BCUT2D eigenvalue weighted by molar-refractivity contribution is 7.11. The van der Waals surface area contributed by atoms with Crippen LogP contribution in [0.3, 0.4) is 0 Å². The first-order valence-electron chi connectivity index (χ1n) is 6.64. The van der Waals surface area contributed by atoms with Crippen LogP contribution in [0.4, 0.5) is 0 Å². The molecule has 2 rings (SSSR count). The fourth-order valence-corrected chi connectivity index (χ4v) is 3.12. The molecule has 1 saturated carbocycles. The number of aromatic nitrogens is 1. The van der Waals surface area contributed by atoms with Crippen molar-refractivity contribution in [2.75, 3.05) is 0 Å². The molecular formula is C13H22N4S. The summed E-state index contributed by atoms with van der Waals surface area (Å²) in [6.07, 6.45) is 6.38. The van der Waals surface area contributed by atoms with Crippen LogP contribution in [0.15, 0.2) is 4.99 Å². The Bertz CT molecular complexity index is 399. The lowest BCUT2D eigenvalue weighted by atomic mass is 9.96. The monoisotopic (exact) mass is 266 g/mol. The number of nitrogens with one attached hydrogen (secondary N) is 1. The maximum absolute atomic E-state index is 5.91. The highest BCUT2D eigenvalue weighted by Crippen LogP contribution is 2.18. The van der Waals surface area contributed by atoms with Gasteiger partial charge in [-0.15, -0.1) is 11.3 Å². The summed E-state index contributed by atoms with van der Waals surface area (Å²) in [7, 11) is 0. The third kappa shape index (κ3) is 3.70. The standard InChI is InChI=1S/C13H22N4S/c1-9-10(2)18-12(16-9)8-15-13(14)17-11-6-4-3-5-7-11/h11H,3-8H2,1-2H3,(H3,14,15,17). The zero-order chi connectivity index (χ0) is 13.0. The Hall–Kier alpha value is -1.10. The van der Waals surface area contributed by atoms with Gasteiger partial charge in [0.25, 0.3) is 0 Å². The summed E-state index contributed by atoms with van der Waals surface area (Å²) in [6.45, 7) is 4.71. The molecule has 0 radical (unpaired) electrons. The first-order chi connectivity index (χ1) is 8.65. The van der Waals surface area contributed by atoms with Gasteiger partial charge >= 0.3 is 0 Å². The molecule has 0 saturated heterocycles. The van der Waals surface area contributed by atoms with Gasteiger partial charge in [-0.25, -0.2) is 9.98 Å². The van der Waals surface area contributed by atoms with Gasteiger partial charge in [-0.3, -0.25) is 0 Å². The van der Waals surface area contributed by atoms with Crippen LogP contribution in [0.2, 0.25) is 0 Å². The molecule has 100 valence electrons. The van der Waals surface area contributed by atoms with Crippen LogP contribution in [0, 0.1) is 13.8 Å². The van der Waals surface area contributed by atoms with Gasteiger partial charge < -0.3 is 11.1 Å². The van der Waals surface area contributed by atoms with Gasteiger partial charge in [0, 0.05) is 10.9 Å². The minimum atomic E-state index is 0.516. The van der Waals surface area contributed by atoms with Gasteiger partial charge in [-0.05, 0) is 26.7 Å². The number of rotatable bonds is 3. The van der Waals surface area contributed by atoms with Gasteiger partial charge in [-0.1, -0.05) is 19.3 Å². The molecule has 0 bridgehead atoms. The van der Waals surface area contributed by atoms with Crippen LogP contribution >= 0.6 is 11.3 Å². The third-order valence-electron chi connectivity index (χ3n) is 3.41. The van der Waals surface area contributed by atoms with Crippen LogP contribution in [0.1, 0.15) is 47.7 Å². The van der Waals surface area contributed by atoms with E-state index in [0.717, 1.165) is 10.7 Å². The molecule has 0 atom stereocenters. The van der Waals surface area contributed by atoms with E-state index in [-0.39, 0.29) is 0 Å². The van der Waals surface area contributed by atoms with Crippen LogP contribution in [0.5, 0.6) is 0 Å². The Morgan fingerprint density at radius 3 is 2.72 bits per heavy atom. The second kappa shape index (κ2) is 6.18. The number of hydrogen-bond donors (Lipinski definition) is 2. The van der Waals surface area contributed by atoms with E-state index in [1.807, 2.05) is 6.92 Å². The van der Waals surface area contributed by atoms with E-state index in [0.29, 0.717) is 18.5 Å². The molecule has 0 aromatic carbocycles. The topological polar surface area (TPSA) is 63.3 Å². The van der Waals surface area contributed by atoms with Crippen molar-refractivity contribution in [1.82, 2.24) is 10.3 Å². The lowest BCUT2D eigenvalue weighted by Crippen LogP contribution is -2.41. The van der Waals surface area contributed by atoms with Crippen LogP contribution < -0.4 is 11.1 Å². The second-order valence-electron chi connectivity index (χ2n) is 4.93. The Morgan fingerprint density at radius 2 is 2.11 bits per heavy atom. The summed E-state index contributed by atoms with van der Waals surface area (Å²) in [6, 6.07) is 0.516. The van der Waals surface area contributed by atoms with E-state index in [1.165, 1.54) is 37.0 Å². The average Bonchev–Trinajstić information content (AvgIpc) is 2.68. The zero-order valence-corrected chi connectivity index (χ0v) is 12.0. The minimum Gasteiger partial charge on any atom is -0.370 e. The number of guanidine groups is 1. The number of thiazole rings is 1. The van der Waals surface area contributed by atoms with Crippen LogP contribution in [-0.2, 0) is 6.54 Å². The van der Waals surface area contributed by atoms with E-state index in [9.17, 15) is 0 Å². The van der Waals surface area contributed by atoms with E-state index < -0.39 is 0 Å². The lowest BCUT2D eigenvalue weighted by Gasteiger charge is -2.23.